The number of nitrogens with one attached hydrogen (secondary N) is 2. The highest BCUT2D eigenvalue weighted by Crippen LogP contribution is 2.21. The average molecular weight is 461 g/mol. The van der Waals surface area contributed by atoms with Gasteiger partial charge in [0.2, 0.25) is 11.1 Å². The molecule has 0 saturated carbocycles. The Bertz CT molecular complexity index is 1130. The number of hydrogen-bond acceptors (Lipinski definition) is 9. The maximum atomic E-state index is 12.2. The molecular weight excluding hydrogens is 444 g/mol. The number of nitrogen functional groups attached to an aromatic ring is 1. The normalized spacial score (nSPS) is 10.9. The van der Waals surface area contributed by atoms with Crippen molar-refractivity contribution in [1.29, 1.82) is 0 Å². The van der Waals surface area contributed by atoms with E-state index in [4.69, 9.17) is 17.4 Å². The Morgan fingerprint density at radius 2 is 2.06 bits per heavy atom. The molecule has 3 rings (SSSR count). The second-order valence-corrected chi connectivity index (χ2v) is 7.57. The van der Waals surface area contributed by atoms with E-state index in [1.807, 2.05) is 13.0 Å². The molecule has 0 aliphatic heterocycles. The number of halogens is 1. The SMILES string of the molecule is Cc1ccc(Cl)cc1NC(=O)CSc1nnc(N/N=C/c2ccc([N+](=O)[O-])cc2)n1N. The van der Waals surface area contributed by atoms with E-state index < -0.39 is 4.92 Å². The summed E-state index contributed by atoms with van der Waals surface area (Å²) in [6.07, 6.45) is 1.45. The predicted molar refractivity (Wildman–Crippen MR) is 120 cm³/mol. The van der Waals surface area contributed by atoms with Gasteiger partial charge in [0.1, 0.15) is 0 Å². The lowest BCUT2D eigenvalue weighted by molar-refractivity contribution is -0.384. The average Bonchev–Trinajstić information content (AvgIpc) is 3.09. The van der Waals surface area contributed by atoms with Gasteiger partial charge in [-0.1, -0.05) is 29.4 Å². The van der Waals surface area contributed by atoms with Gasteiger partial charge in [-0.2, -0.15) is 5.10 Å². The second kappa shape index (κ2) is 9.91. The summed E-state index contributed by atoms with van der Waals surface area (Å²) < 4.78 is 1.16. The zero-order valence-corrected chi connectivity index (χ0v) is 17.7. The molecular formula is C18H17ClN8O3S. The Labute approximate surface area is 185 Å². The maximum Gasteiger partial charge on any atom is 0.269 e. The number of non-ortho nitro benzene ring substituents is 1. The third-order valence-electron chi connectivity index (χ3n) is 3.95. The number of hydrazone groups is 1. The zero-order chi connectivity index (χ0) is 22.4. The van der Waals surface area contributed by atoms with Crippen molar-refractivity contribution in [2.24, 2.45) is 5.10 Å². The highest BCUT2D eigenvalue weighted by atomic mass is 35.5. The van der Waals surface area contributed by atoms with Crippen LogP contribution in [0, 0.1) is 17.0 Å². The van der Waals surface area contributed by atoms with Crippen LogP contribution in [0.2, 0.25) is 5.02 Å². The van der Waals surface area contributed by atoms with Crippen molar-refractivity contribution in [3.05, 3.63) is 68.7 Å². The Kier molecular flexibility index (Phi) is 7.05. The van der Waals surface area contributed by atoms with E-state index in [0.717, 1.165) is 22.0 Å². The first-order valence-electron chi connectivity index (χ1n) is 8.76. The molecule has 0 fully saturated rings. The van der Waals surface area contributed by atoms with E-state index in [-0.39, 0.29) is 23.3 Å². The van der Waals surface area contributed by atoms with E-state index in [1.54, 1.807) is 24.3 Å². The number of rotatable bonds is 8. The fraction of sp³-hybridized carbons (Fsp3) is 0.111. The molecule has 0 unspecified atom stereocenters. The van der Waals surface area contributed by atoms with Crippen LogP contribution in [0.1, 0.15) is 11.1 Å². The van der Waals surface area contributed by atoms with Gasteiger partial charge in [-0.25, -0.2) is 10.1 Å². The van der Waals surface area contributed by atoms with Gasteiger partial charge in [-0.05, 0) is 42.3 Å². The molecule has 2 aromatic carbocycles. The topological polar surface area (TPSA) is 153 Å². The molecule has 1 amide bonds. The van der Waals surface area contributed by atoms with Crippen molar-refractivity contribution in [2.75, 3.05) is 22.3 Å². The number of nitrogens with zero attached hydrogens (tertiary/aromatic N) is 5. The molecule has 0 saturated heterocycles. The van der Waals surface area contributed by atoms with Gasteiger partial charge in [0, 0.05) is 22.8 Å². The Hall–Kier alpha value is -3.64. The smallest absolute Gasteiger partial charge is 0.269 e. The number of benzene rings is 2. The quantitative estimate of drug-likeness (QED) is 0.152. The molecule has 160 valence electrons. The standard InChI is InChI=1S/C18H17ClN8O3S/c1-11-2-5-13(19)8-15(11)22-16(28)10-31-18-25-24-17(26(18)20)23-21-9-12-3-6-14(7-4-12)27(29)30/h2-9H,10,20H2,1H3,(H,22,28)(H,23,24)/b21-9+. The highest BCUT2D eigenvalue weighted by molar-refractivity contribution is 7.99. The third kappa shape index (κ3) is 5.93. The van der Waals surface area contributed by atoms with Gasteiger partial charge < -0.3 is 11.2 Å². The number of amides is 1. The number of nitrogens with two attached hydrogens (primary N) is 1. The molecule has 3 aromatic rings. The second-order valence-electron chi connectivity index (χ2n) is 6.19. The Morgan fingerprint density at radius 3 is 2.77 bits per heavy atom. The zero-order valence-electron chi connectivity index (χ0n) is 16.2. The summed E-state index contributed by atoms with van der Waals surface area (Å²) in [5.41, 5.74) is 4.79. The van der Waals surface area contributed by atoms with E-state index in [2.05, 4.69) is 26.0 Å². The number of aryl methyl sites for hydroxylation is 1. The van der Waals surface area contributed by atoms with Crippen LogP contribution in [0.3, 0.4) is 0 Å². The minimum atomic E-state index is -0.480. The number of aromatic nitrogens is 3. The molecule has 31 heavy (non-hydrogen) atoms. The van der Waals surface area contributed by atoms with Crippen molar-refractivity contribution in [1.82, 2.24) is 14.9 Å². The fourth-order valence-electron chi connectivity index (χ4n) is 2.34. The van der Waals surface area contributed by atoms with Crippen LogP contribution < -0.4 is 16.6 Å². The van der Waals surface area contributed by atoms with E-state index in [1.165, 1.54) is 18.3 Å². The van der Waals surface area contributed by atoms with Crippen LogP contribution in [-0.2, 0) is 4.79 Å². The number of hydrogen-bond donors (Lipinski definition) is 3. The van der Waals surface area contributed by atoms with E-state index in [9.17, 15) is 14.9 Å². The van der Waals surface area contributed by atoms with Gasteiger partial charge >= 0.3 is 0 Å². The molecule has 1 aromatic heterocycles. The fourth-order valence-corrected chi connectivity index (χ4v) is 3.17. The van der Waals surface area contributed by atoms with E-state index >= 15 is 0 Å². The minimum Gasteiger partial charge on any atom is -0.334 e. The maximum absolute atomic E-state index is 12.2. The molecule has 0 atom stereocenters. The molecule has 4 N–H and O–H groups in total. The largest absolute Gasteiger partial charge is 0.334 e. The number of anilines is 2. The van der Waals surface area contributed by atoms with Crippen molar-refractivity contribution in [2.45, 2.75) is 12.1 Å². The van der Waals surface area contributed by atoms with Gasteiger partial charge in [-0.3, -0.25) is 14.9 Å². The Balaban J connectivity index is 1.54. The van der Waals surface area contributed by atoms with Crippen LogP contribution in [0.15, 0.2) is 52.7 Å². The van der Waals surface area contributed by atoms with Gasteiger partial charge in [0.05, 0.1) is 16.9 Å². The van der Waals surface area contributed by atoms with Gasteiger partial charge in [0.25, 0.3) is 11.6 Å². The lowest BCUT2D eigenvalue weighted by Gasteiger charge is -2.08. The molecule has 0 spiro atoms. The lowest BCUT2D eigenvalue weighted by Crippen LogP contribution is -2.17. The first kappa shape index (κ1) is 22.1. The van der Waals surface area contributed by atoms with Crippen LogP contribution >= 0.6 is 23.4 Å². The summed E-state index contributed by atoms with van der Waals surface area (Å²) in [5.74, 6) is 5.90. The third-order valence-corrected chi connectivity index (χ3v) is 5.13. The van der Waals surface area contributed by atoms with Crippen LogP contribution in [-0.4, -0.2) is 37.7 Å². The predicted octanol–water partition coefficient (Wildman–Crippen LogP) is 3.04. The summed E-state index contributed by atoms with van der Waals surface area (Å²) in [7, 11) is 0. The molecule has 1 heterocycles. The van der Waals surface area contributed by atoms with Crippen molar-refractivity contribution in [3.63, 3.8) is 0 Å². The van der Waals surface area contributed by atoms with E-state index in [0.29, 0.717) is 21.4 Å². The van der Waals surface area contributed by atoms with Gasteiger partial charge in [0.15, 0.2) is 0 Å². The minimum absolute atomic E-state index is 0.0111. The first-order valence-corrected chi connectivity index (χ1v) is 10.1. The van der Waals surface area contributed by atoms with Crippen molar-refractivity contribution >= 4 is 52.8 Å². The van der Waals surface area contributed by atoms with Crippen molar-refractivity contribution in [3.8, 4) is 0 Å². The van der Waals surface area contributed by atoms with Crippen LogP contribution in [0.4, 0.5) is 17.3 Å². The summed E-state index contributed by atoms with van der Waals surface area (Å²) in [6, 6.07) is 11.1. The summed E-state index contributed by atoms with van der Waals surface area (Å²) in [4.78, 5) is 22.4. The van der Waals surface area contributed by atoms with Crippen molar-refractivity contribution < 1.29 is 9.72 Å². The van der Waals surface area contributed by atoms with Gasteiger partial charge in [-0.15, -0.1) is 10.2 Å². The summed E-state index contributed by atoms with van der Waals surface area (Å²) in [5, 5.41) is 26.1. The summed E-state index contributed by atoms with van der Waals surface area (Å²) >= 11 is 7.06. The Morgan fingerprint density at radius 1 is 1.32 bits per heavy atom. The molecule has 0 radical (unpaired) electrons. The molecule has 0 aliphatic carbocycles. The highest BCUT2D eigenvalue weighted by Gasteiger charge is 2.13. The molecule has 11 nitrogen and oxygen atoms in total. The number of nitro groups is 1. The number of carbonyl (C=O) groups excluding carboxylic acids is 1. The number of carbonyl (C=O) groups is 1. The number of thioether (sulfide) groups is 1. The molecule has 0 bridgehead atoms. The number of nitro benzene ring substituents is 1. The van der Waals surface area contributed by atoms with Crippen LogP contribution in [0.5, 0.6) is 0 Å². The molecule has 13 heteroatoms. The first-order chi connectivity index (χ1) is 14.8. The summed E-state index contributed by atoms with van der Waals surface area (Å²) in [6.45, 7) is 1.87. The molecule has 0 aliphatic rings. The monoisotopic (exact) mass is 460 g/mol. The van der Waals surface area contributed by atoms with Crippen LogP contribution in [0.25, 0.3) is 0 Å². The lowest BCUT2D eigenvalue weighted by atomic mass is 10.2.